The molecule has 3 amide bonds. The Hall–Kier alpha value is -2.11. The summed E-state index contributed by atoms with van der Waals surface area (Å²) in [6.45, 7) is 5.57. The van der Waals surface area contributed by atoms with Crippen LogP contribution in [0.3, 0.4) is 0 Å². The summed E-state index contributed by atoms with van der Waals surface area (Å²) in [7, 11) is 0. The number of amides is 3. The molecule has 1 heterocycles. The van der Waals surface area contributed by atoms with Crippen LogP contribution in [0.2, 0.25) is 0 Å². The molecular weight excluding hydrogens is 297 g/mol. The van der Waals surface area contributed by atoms with Crippen LogP contribution in [0.25, 0.3) is 0 Å². The number of urea groups is 1. The van der Waals surface area contributed by atoms with E-state index in [0.717, 1.165) is 12.8 Å². The van der Waals surface area contributed by atoms with Gasteiger partial charge < -0.3 is 15.5 Å². The maximum absolute atomic E-state index is 13.2. The number of anilines is 1. The van der Waals surface area contributed by atoms with E-state index in [-0.39, 0.29) is 29.6 Å². The zero-order chi connectivity index (χ0) is 16.8. The average molecular weight is 321 g/mol. The molecule has 1 fully saturated rings. The Bertz CT molecular complexity index is 563. The number of nitrogens with zero attached hydrogens (tertiary/aromatic N) is 1. The second-order valence-electron chi connectivity index (χ2n) is 6.29. The molecule has 2 N–H and O–H groups in total. The minimum Gasteiger partial charge on any atom is -0.356 e. The van der Waals surface area contributed by atoms with Gasteiger partial charge in [0, 0.05) is 31.2 Å². The Morgan fingerprint density at radius 3 is 2.87 bits per heavy atom. The monoisotopic (exact) mass is 321 g/mol. The molecule has 0 aromatic heterocycles. The first-order valence-corrected chi connectivity index (χ1v) is 8.05. The van der Waals surface area contributed by atoms with Crippen LogP contribution < -0.4 is 10.6 Å². The lowest BCUT2D eigenvalue weighted by molar-refractivity contribution is -0.124. The van der Waals surface area contributed by atoms with Gasteiger partial charge >= 0.3 is 6.03 Å². The first kappa shape index (κ1) is 17.2. The molecule has 0 saturated carbocycles. The summed E-state index contributed by atoms with van der Waals surface area (Å²) < 4.78 is 13.2. The van der Waals surface area contributed by atoms with Crippen molar-refractivity contribution in [1.29, 1.82) is 0 Å². The Labute approximate surface area is 136 Å². The van der Waals surface area contributed by atoms with Gasteiger partial charge in [0.1, 0.15) is 5.82 Å². The van der Waals surface area contributed by atoms with Crippen LogP contribution in [0.5, 0.6) is 0 Å². The number of hydrogen-bond donors (Lipinski definition) is 2. The van der Waals surface area contributed by atoms with E-state index >= 15 is 0 Å². The van der Waals surface area contributed by atoms with Gasteiger partial charge in [-0.25, -0.2) is 9.18 Å². The minimum absolute atomic E-state index is 0.0336. The summed E-state index contributed by atoms with van der Waals surface area (Å²) in [5.41, 5.74) is 0.449. The topological polar surface area (TPSA) is 61.4 Å². The van der Waals surface area contributed by atoms with Gasteiger partial charge in [0.05, 0.1) is 0 Å². The maximum atomic E-state index is 13.2. The Kier molecular flexibility index (Phi) is 5.96. The number of nitrogens with one attached hydrogen (secondary N) is 2. The molecular formula is C17H24FN3O2. The molecule has 0 bridgehead atoms. The van der Waals surface area contributed by atoms with Crippen LogP contribution in [0.4, 0.5) is 14.9 Å². The van der Waals surface area contributed by atoms with Gasteiger partial charge in [-0.05, 0) is 37.0 Å². The highest BCUT2D eigenvalue weighted by Gasteiger charge is 2.24. The quantitative estimate of drug-likeness (QED) is 0.896. The second kappa shape index (κ2) is 7.94. The van der Waals surface area contributed by atoms with Gasteiger partial charge in [-0.1, -0.05) is 19.9 Å². The van der Waals surface area contributed by atoms with Crippen molar-refractivity contribution in [2.75, 3.05) is 25.0 Å². The molecule has 0 spiro atoms. The van der Waals surface area contributed by atoms with Crippen LogP contribution >= 0.6 is 0 Å². The minimum atomic E-state index is -0.379. The summed E-state index contributed by atoms with van der Waals surface area (Å²) >= 11 is 0. The fourth-order valence-corrected chi connectivity index (χ4v) is 2.63. The van der Waals surface area contributed by atoms with Gasteiger partial charge in [-0.15, -0.1) is 0 Å². The highest BCUT2D eigenvalue weighted by molar-refractivity contribution is 5.89. The summed E-state index contributed by atoms with van der Waals surface area (Å²) in [6, 6.07) is 5.62. The molecule has 1 atom stereocenters. The largest absolute Gasteiger partial charge is 0.356 e. The third-order valence-corrected chi connectivity index (χ3v) is 3.97. The van der Waals surface area contributed by atoms with Crippen molar-refractivity contribution in [3.05, 3.63) is 30.1 Å². The van der Waals surface area contributed by atoms with E-state index in [0.29, 0.717) is 25.3 Å². The van der Waals surface area contributed by atoms with Crippen molar-refractivity contribution < 1.29 is 14.0 Å². The maximum Gasteiger partial charge on any atom is 0.321 e. The van der Waals surface area contributed by atoms with Gasteiger partial charge in [0.2, 0.25) is 5.91 Å². The molecule has 0 aliphatic carbocycles. The van der Waals surface area contributed by atoms with Crippen LogP contribution in [0, 0.1) is 17.7 Å². The van der Waals surface area contributed by atoms with E-state index in [1.807, 2.05) is 13.8 Å². The van der Waals surface area contributed by atoms with Crippen molar-refractivity contribution in [3.63, 3.8) is 0 Å². The fraction of sp³-hybridized carbons (Fsp3) is 0.529. The smallest absolute Gasteiger partial charge is 0.321 e. The lowest BCUT2D eigenvalue weighted by Crippen LogP contribution is -2.45. The standard InChI is InChI=1S/C17H24FN3O2/c1-12(2)16(22)19-10-13-5-4-8-21(11-13)17(23)20-15-7-3-6-14(18)9-15/h3,6-7,9,12-13H,4-5,8,10-11H2,1-2H3,(H,19,22)(H,20,23)/t13-/m0/s1. The first-order valence-electron chi connectivity index (χ1n) is 8.05. The molecule has 1 saturated heterocycles. The van der Waals surface area contributed by atoms with Gasteiger partial charge in [0.15, 0.2) is 0 Å². The lowest BCUT2D eigenvalue weighted by Gasteiger charge is -2.33. The molecule has 0 unspecified atom stereocenters. The predicted octanol–water partition coefficient (Wildman–Crippen LogP) is 2.84. The average Bonchev–Trinajstić information content (AvgIpc) is 2.52. The molecule has 1 aromatic rings. The van der Waals surface area contributed by atoms with E-state index in [2.05, 4.69) is 10.6 Å². The predicted molar refractivity (Wildman–Crippen MR) is 87.6 cm³/mol. The number of likely N-dealkylation sites (tertiary alicyclic amines) is 1. The number of halogens is 1. The Morgan fingerprint density at radius 2 is 2.17 bits per heavy atom. The number of hydrogen-bond acceptors (Lipinski definition) is 2. The molecule has 1 aliphatic heterocycles. The Balaban J connectivity index is 1.85. The van der Waals surface area contributed by atoms with Crippen molar-refractivity contribution in [2.24, 2.45) is 11.8 Å². The van der Waals surface area contributed by atoms with E-state index in [9.17, 15) is 14.0 Å². The van der Waals surface area contributed by atoms with Gasteiger partial charge in [-0.2, -0.15) is 0 Å². The van der Waals surface area contributed by atoms with Crippen LogP contribution in [0.15, 0.2) is 24.3 Å². The van der Waals surface area contributed by atoms with E-state index in [1.165, 1.54) is 12.1 Å². The summed E-state index contributed by atoms with van der Waals surface area (Å²) in [4.78, 5) is 25.6. The number of piperidine rings is 1. The number of benzene rings is 1. The van der Waals surface area contributed by atoms with E-state index in [4.69, 9.17) is 0 Å². The third kappa shape index (κ3) is 5.23. The SMILES string of the molecule is CC(C)C(=O)NC[C@@H]1CCCN(C(=O)Nc2cccc(F)c2)C1. The van der Waals surface area contributed by atoms with Crippen LogP contribution in [-0.4, -0.2) is 36.5 Å². The van der Waals surface area contributed by atoms with Gasteiger partial charge in [-0.3, -0.25) is 4.79 Å². The molecule has 126 valence electrons. The third-order valence-electron chi connectivity index (χ3n) is 3.97. The van der Waals surface area contributed by atoms with Crippen molar-refractivity contribution in [2.45, 2.75) is 26.7 Å². The zero-order valence-electron chi connectivity index (χ0n) is 13.6. The lowest BCUT2D eigenvalue weighted by atomic mass is 9.98. The van der Waals surface area contributed by atoms with E-state index < -0.39 is 0 Å². The van der Waals surface area contributed by atoms with Gasteiger partial charge in [0.25, 0.3) is 0 Å². The number of carbonyl (C=O) groups excluding carboxylic acids is 2. The van der Waals surface area contributed by atoms with Crippen molar-refractivity contribution in [1.82, 2.24) is 10.2 Å². The molecule has 23 heavy (non-hydrogen) atoms. The van der Waals surface area contributed by atoms with E-state index in [1.54, 1.807) is 17.0 Å². The zero-order valence-corrected chi connectivity index (χ0v) is 13.6. The fourth-order valence-electron chi connectivity index (χ4n) is 2.63. The van der Waals surface area contributed by atoms with Crippen molar-refractivity contribution >= 4 is 17.6 Å². The molecule has 6 heteroatoms. The van der Waals surface area contributed by atoms with Crippen LogP contribution in [-0.2, 0) is 4.79 Å². The Morgan fingerprint density at radius 1 is 1.39 bits per heavy atom. The molecule has 0 radical (unpaired) electrons. The molecule has 1 aliphatic rings. The summed E-state index contributed by atoms with van der Waals surface area (Å²) in [5.74, 6) is -0.127. The van der Waals surface area contributed by atoms with Crippen molar-refractivity contribution in [3.8, 4) is 0 Å². The van der Waals surface area contributed by atoms with Crippen LogP contribution in [0.1, 0.15) is 26.7 Å². The summed E-state index contributed by atoms with van der Waals surface area (Å²) in [6.07, 6.45) is 1.89. The highest BCUT2D eigenvalue weighted by Crippen LogP contribution is 2.18. The first-order chi connectivity index (χ1) is 11.0. The number of carbonyl (C=O) groups is 2. The number of rotatable bonds is 4. The molecule has 2 rings (SSSR count). The second-order valence-corrected chi connectivity index (χ2v) is 6.29. The highest BCUT2D eigenvalue weighted by atomic mass is 19.1. The normalized spacial score (nSPS) is 17.9. The molecule has 5 nitrogen and oxygen atoms in total. The summed E-state index contributed by atoms with van der Waals surface area (Å²) in [5, 5.41) is 5.64. The molecule has 1 aromatic carbocycles.